The van der Waals surface area contributed by atoms with Gasteiger partial charge in [0.1, 0.15) is 11.5 Å². The van der Waals surface area contributed by atoms with Crippen molar-refractivity contribution in [3.8, 4) is 0 Å². The predicted octanol–water partition coefficient (Wildman–Crippen LogP) is 5.38. The number of likely N-dealkylation sites (tertiary alicyclic amines) is 1. The van der Waals surface area contributed by atoms with Crippen LogP contribution in [0.2, 0.25) is 0 Å². The molecule has 2 aromatic carbocycles. The fraction of sp³-hybridized carbons (Fsp3) is 0.367. The number of benzene rings is 2. The number of aliphatic imine (C=N–C) groups is 1. The molecular weight excluding hydrogens is 485 g/mol. The van der Waals surface area contributed by atoms with Crippen molar-refractivity contribution in [2.45, 2.75) is 25.9 Å². The molecule has 2 fully saturated rings. The zero-order chi connectivity index (χ0) is 26.3. The number of halogens is 2. The standard InChI is InChI=1S/C30H35ClFN5/c1-19-16-36(14-13-33-19)20(2)26-15-27(31)28(25-12-8-10-22-9-6-7-11-24(22)25)29(32)30(26)34-21(3)37-17-23(18-37)35(4)5/h6-12,15,19,23,33H,3,13-14,16-18H2,1-2,4-5H3/b26-20+,34-30+. The van der Waals surface area contributed by atoms with Crippen molar-refractivity contribution in [1.29, 1.82) is 0 Å². The van der Waals surface area contributed by atoms with Gasteiger partial charge in [0.05, 0.1) is 5.03 Å². The van der Waals surface area contributed by atoms with Gasteiger partial charge < -0.3 is 20.0 Å². The Morgan fingerprint density at radius 1 is 1.11 bits per heavy atom. The Balaban J connectivity index is 1.62. The van der Waals surface area contributed by atoms with Crippen LogP contribution in [-0.4, -0.2) is 79.3 Å². The number of nitrogens with one attached hydrogen (secondary N) is 1. The maximum atomic E-state index is 16.7. The molecule has 37 heavy (non-hydrogen) atoms. The van der Waals surface area contributed by atoms with E-state index in [9.17, 15) is 0 Å². The third-order valence-corrected chi connectivity index (χ3v) is 7.98. The lowest BCUT2D eigenvalue weighted by molar-refractivity contribution is 0.0936. The Hall–Kier alpha value is -2.93. The number of hydrogen-bond acceptors (Lipinski definition) is 5. The van der Waals surface area contributed by atoms with E-state index < -0.39 is 5.83 Å². The van der Waals surface area contributed by atoms with Crippen LogP contribution in [0.1, 0.15) is 19.4 Å². The highest BCUT2D eigenvalue weighted by molar-refractivity contribution is 6.41. The molecule has 0 bridgehead atoms. The molecule has 3 aliphatic rings. The number of hydrogen-bond donors (Lipinski definition) is 1. The van der Waals surface area contributed by atoms with E-state index in [1.165, 1.54) is 0 Å². The van der Waals surface area contributed by atoms with Crippen LogP contribution in [0.4, 0.5) is 4.39 Å². The molecule has 194 valence electrons. The van der Waals surface area contributed by atoms with Gasteiger partial charge in [-0.15, -0.1) is 0 Å². The first-order valence-electron chi connectivity index (χ1n) is 12.9. The average Bonchev–Trinajstić information content (AvgIpc) is 2.84. The van der Waals surface area contributed by atoms with Crippen molar-refractivity contribution < 1.29 is 4.39 Å². The lowest BCUT2D eigenvalue weighted by atomic mass is 9.90. The summed E-state index contributed by atoms with van der Waals surface area (Å²) < 4.78 is 16.7. The number of allylic oxidation sites excluding steroid dienone is 6. The summed E-state index contributed by atoms with van der Waals surface area (Å²) in [6.45, 7) is 12.6. The number of nitrogens with zero attached hydrogens (tertiary/aromatic N) is 4. The SMILES string of the molecule is C=C(/N=C1/C(F)=C(c2cccc3ccccc23)C(Cl)=C/C1=C(/C)N1CCNC(C)C1)N1CC(N(C)C)C1. The summed E-state index contributed by atoms with van der Waals surface area (Å²) in [5, 5.41) is 5.85. The molecule has 5 rings (SSSR count). The molecule has 0 saturated carbocycles. The van der Waals surface area contributed by atoms with Gasteiger partial charge in [0.2, 0.25) is 0 Å². The van der Waals surface area contributed by atoms with E-state index in [0.29, 0.717) is 39.8 Å². The van der Waals surface area contributed by atoms with Crippen LogP contribution in [0.3, 0.4) is 0 Å². The Bertz CT molecular complexity index is 1340. The quantitative estimate of drug-likeness (QED) is 0.575. The largest absolute Gasteiger partial charge is 0.372 e. The molecule has 1 unspecified atom stereocenters. The first kappa shape index (κ1) is 25.7. The van der Waals surface area contributed by atoms with E-state index in [0.717, 1.165) is 54.8 Å². The molecule has 2 heterocycles. The van der Waals surface area contributed by atoms with Gasteiger partial charge in [0.15, 0.2) is 5.83 Å². The lowest BCUT2D eigenvalue weighted by Gasteiger charge is -2.44. The zero-order valence-electron chi connectivity index (χ0n) is 22.1. The smallest absolute Gasteiger partial charge is 0.158 e. The van der Waals surface area contributed by atoms with Gasteiger partial charge in [-0.3, -0.25) is 0 Å². The maximum Gasteiger partial charge on any atom is 0.158 e. The highest BCUT2D eigenvalue weighted by Crippen LogP contribution is 2.41. The molecule has 1 aliphatic carbocycles. The minimum Gasteiger partial charge on any atom is -0.372 e. The van der Waals surface area contributed by atoms with Gasteiger partial charge in [-0.1, -0.05) is 60.6 Å². The van der Waals surface area contributed by atoms with E-state index in [-0.39, 0.29) is 0 Å². The van der Waals surface area contributed by atoms with Crippen molar-refractivity contribution in [1.82, 2.24) is 20.0 Å². The highest BCUT2D eigenvalue weighted by Gasteiger charge is 2.32. The lowest BCUT2D eigenvalue weighted by Crippen LogP contribution is -2.56. The van der Waals surface area contributed by atoms with Crippen molar-refractivity contribution in [2.75, 3.05) is 46.8 Å². The van der Waals surface area contributed by atoms with Crippen LogP contribution in [0, 0.1) is 0 Å². The fourth-order valence-electron chi connectivity index (χ4n) is 5.28. The minimum atomic E-state index is -0.410. The molecule has 0 spiro atoms. The van der Waals surface area contributed by atoms with Crippen LogP contribution < -0.4 is 5.32 Å². The molecule has 1 N–H and O–H groups in total. The summed E-state index contributed by atoms with van der Waals surface area (Å²) in [6, 6.07) is 14.7. The molecule has 5 nitrogen and oxygen atoms in total. The van der Waals surface area contributed by atoms with Gasteiger partial charge >= 0.3 is 0 Å². The van der Waals surface area contributed by atoms with Crippen LogP contribution in [0.15, 0.2) is 88.1 Å². The zero-order valence-corrected chi connectivity index (χ0v) is 22.8. The summed E-state index contributed by atoms with van der Waals surface area (Å²) in [4.78, 5) is 11.4. The van der Waals surface area contributed by atoms with Gasteiger partial charge in [0.25, 0.3) is 0 Å². The number of piperazine rings is 1. The van der Waals surface area contributed by atoms with Crippen LogP contribution >= 0.6 is 11.6 Å². The van der Waals surface area contributed by atoms with Crippen molar-refractivity contribution in [2.24, 2.45) is 4.99 Å². The van der Waals surface area contributed by atoms with Crippen molar-refractivity contribution in [3.05, 3.63) is 88.6 Å². The summed E-state index contributed by atoms with van der Waals surface area (Å²) in [6.07, 6.45) is 1.88. The fourth-order valence-corrected chi connectivity index (χ4v) is 5.58. The van der Waals surface area contributed by atoms with Crippen LogP contribution in [-0.2, 0) is 0 Å². The Morgan fingerprint density at radius 3 is 2.57 bits per heavy atom. The van der Waals surface area contributed by atoms with E-state index in [4.69, 9.17) is 16.6 Å². The van der Waals surface area contributed by atoms with Gasteiger partial charge in [-0.2, -0.15) is 0 Å². The average molecular weight is 520 g/mol. The second-order valence-corrected chi connectivity index (χ2v) is 10.8. The maximum absolute atomic E-state index is 16.7. The van der Waals surface area contributed by atoms with Crippen molar-refractivity contribution >= 4 is 33.7 Å². The first-order valence-corrected chi connectivity index (χ1v) is 13.3. The second-order valence-electron chi connectivity index (χ2n) is 10.4. The predicted molar refractivity (Wildman–Crippen MR) is 153 cm³/mol. The summed E-state index contributed by atoms with van der Waals surface area (Å²) in [5.41, 5.74) is 3.13. The topological polar surface area (TPSA) is 34.1 Å². The molecule has 0 radical (unpaired) electrons. The van der Waals surface area contributed by atoms with Gasteiger partial charge in [-0.25, -0.2) is 9.38 Å². The number of rotatable bonds is 5. The normalized spacial score (nSPS) is 23.6. The van der Waals surface area contributed by atoms with E-state index in [1.807, 2.05) is 55.5 Å². The number of fused-ring (bicyclic) bond motifs is 1. The summed E-state index contributed by atoms with van der Waals surface area (Å²) >= 11 is 6.88. The molecule has 0 amide bonds. The second kappa shape index (κ2) is 10.4. The van der Waals surface area contributed by atoms with Crippen LogP contribution in [0.5, 0.6) is 0 Å². The van der Waals surface area contributed by atoms with E-state index in [2.05, 4.69) is 47.6 Å². The monoisotopic (exact) mass is 519 g/mol. The summed E-state index contributed by atoms with van der Waals surface area (Å²) in [7, 11) is 4.14. The Kier molecular flexibility index (Phi) is 7.26. The molecule has 2 saturated heterocycles. The number of likely N-dealkylation sites (N-methyl/N-ethyl adjacent to an activating group) is 1. The molecular formula is C30H35ClFN5. The Labute approximate surface area is 224 Å². The molecule has 0 aromatic heterocycles. The van der Waals surface area contributed by atoms with Gasteiger partial charge in [-0.05, 0) is 50.4 Å². The van der Waals surface area contributed by atoms with E-state index >= 15 is 4.39 Å². The van der Waals surface area contributed by atoms with E-state index in [1.54, 1.807) is 0 Å². The van der Waals surface area contributed by atoms with Gasteiger partial charge in [0, 0.05) is 61.7 Å². The first-order chi connectivity index (χ1) is 17.7. The summed E-state index contributed by atoms with van der Waals surface area (Å²) in [5.74, 6) is 0.165. The van der Waals surface area contributed by atoms with Crippen molar-refractivity contribution in [3.63, 3.8) is 0 Å². The molecule has 7 heteroatoms. The van der Waals surface area contributed by atoms with Crippen LogP contribution in [0.25, 0.3) is 16.3 Å². The molecule has 2 aromatic rings. The third kappa shape index (κ3) is 4.98. The Morgan fingerprint density at radius 2 is 1.84 bits per heavy atom. The third-order valence-electron chi connectivity index (χ3n) is 7.68. The molecule has 2 aliphatic heterocycles. The highest BCUT2D eigenvalue weighted by atomic mass is 35.5. The molecule has 1 atom stereocenters. The minimum absolute atomic E-state index is 0.300.